The van der Waals surface area contributed by atoms with E-state index in [1.807, 2.05) is 117 Å². The number of aryl methyl sites for hydroxylation is 2. The second-order valence-electron chi connectivity index (χ2n) is 2.87. The summed E-state index contributed by atoms with van der Waals surface area (Å²) < 4.78 is 1.80. The molecular weight excluding hydrogens is 320 g/mol. The van der Waals surface area contributed by atoms with Gasteiger partial charge in [0, 0.05) is 5.69 Å². The maximum Gasteiger partial charge on any atom is 0.151 e. The van der Waals surface area contributed by atoms with Crippen molar-refractivity contribution < 1.29 is 0 Å². The molecule has 0 aliphatic rings. The van der Waals surface area contributed by atoms with Gasteiger partial charge < -0.3 is 5.73 Å². The molecule has 0 aromatic carbocycles. The Balaban J connectivity index is -0.0000000610. The third-order valence-corrected chi connectivity index (χ3v) is 1.95. The molecule has 2 N–H and O–H groups in total. The Morgan fingerprint density at radius 1 is 0.692 bits per heavy atom. The summed E-state index contributed by atoms with van der Waals surface area (Å²) in [5.74, 6) is 0.538. The van der Waals surface area contributed by atoms with E-state index in [0.29, 0.717) is 5.82 Å². The van der Waals surface area contributed by atoms with Crippen molar-refractivity contribution >= 4 is 11.3 Å². The number of nitrogen functional groups attached to an aromatic ring is 1. The van der Waals surface area contributed by atoms with Gasteiger partial charge in [-0.2, -0.15) is 5.10 Å². The highest BCUT2D eigenvalue weighted by Crippen LogP contribution is 2.17. The highest BCUT2D eigenvalue weighted by molar-refractivity contribution is 5.70. The maximum atomic E-state index is 5.70. The monoisotopic (exact) mass is 372 g/mol. The first-order valence-corrected chi connectivity index (χ1v) is 10.8. The summed E-state index contributed by atoms with van der Waals surface area (Å²) in [6.45, 7) is 32.0. The van der Waals surface area contributed by atoms with Crippen molar-refractivity contribution in [2.45, 2.75) is 111 Å². The Hall–Kier alpha value is -1.58. The standard InChI is InChI=1S/C8H10N4.7C2H6/c1-5-3-6(2)12-7(5)8(9)10-4-11-12;7*1-2/h3-4H,1-2H3,(H2,9,10,11);7*1-2H3. The van der Waals surface area contributed by atoms with Gasteiger partial charge in [0.05, 0.1) is 0 Å². The van der Waals surface area contributed by atoms with Crippen LogP contribution >= 0.6 is 0 Å². The van der Waals surface area contributed by atoms with Crippen molar-refractivity contribution in [3.05, 3.63) is 23.7 Å². The van der Waals surface area contributed by atoms with E-state index >= 15 is 0 Å². The average molecular weight is 373 g/mol. The first-order chi connectivity index (χ1) is 12.7. The predicted octanol–water partition coefficient (Wildman–Crippen LogP) is 8.11. The Kier molecular flexibility index (Phi) is 58.9. The lowest BCUT2D eigenvalue weighted by Crippen LogP contribution is -2.00. The molecule has 0 radical (unpaired) electrons. The fraction of sp³-hybridized carbons (Fsp3) is 0.727. The zero-order valence-corrected chi connectivity index (χ0v) is 21.1. The quantitative estimate of drug-likeness (QED) is 0.508. The van der Waals surface area contributed by atoms with Gasteiger partial charge in [-0.05, 0) is 25.5 Å². The molecule has 0 saturated heterocycles. The molecule has 2 heterocycles. The van der Waals surface area contributed by atoms with Crippen LogP contribution in [0, 0.1) is 13.8 Å². The molecule has 2 aromatic rings. The van der Waals surface area contributed by atoms with Crippen LogP contribution < -0.4 is 5.73 Å². The lowest BCUT2D eigenvalue weighted by molar-refractivity contribution is 0.875. The zero-order valence-electron chi connectivity index (χ0n) is 21.1. The fourth-order valence-corrected chi connectivity index (χ4v) is 1.45. The van der Waals surface area contributed by atoms with E-state index < -0.39 is 0 Å². The van der Waals surface area contributed by atoms with E-state index in [-0.39, 0.29) is 0 Å². The summed E-state index contributed by atoms with van der Waals surface area (Å²) in [7, 11) is 0. The van der Waals surface area contributed by atoms with Gasteiger partial charge in [-0.15, -0.1) is 0 Å². The number of anilines is 1. The second-order valence-corrected chi connectivity index (χ2v) is 2.87. The molecule has 2 aromatic heterocycles. The zero-order chi connectivity index (χ0) is 22.7. The van der Waals surface area contributed by atoms with Crippen LogP contribution in [0.2, 0.25) is 0 Å². The van der Waals surface area contributed by atoms with Gasteiger partial charge in [0.15, 0.2) is 5.82 Å². The lowest BCUT2D eigenvalue weighted by Gasteiger charge is -1.98. The van der Waals surface area contributed by atoms with Crippen LogP contribution in [0.4, 0.5) is 5.82 Å². The van der Waals surface area contributed by atoms with Gasteiger partial charge in [-0.1, -0.05) is 96.9 Å². The molecule has 0 aliphatic heterocycles. The number of nitrogens with zero attached hydrogens (tertiary/aromatic N) is 3. The molecule has 0 amide bonds. The second kappa shape index (κ2) is 38.8. The topological polar surface area (TPSA) is 56.2 Å². The third kappa shape index (κ3) is 17.2. The van der Waals surface area contributed by atoms with Crippen LogP contribution in [0.3, 0.4) is 0 Å². The van der Waals surface area contributed by atoms with Gasteiger partial charge in [-0.3, -0.25) is 0 Å². The van der Waals surface area contributed by atoms with E-state index in [0.717, 1.165) is 16.8 Å². The van der Waals surface area contributed by atoms with Gasteiger partial charge in [0.25, 0.3) is 0 Å². The minimum absolute atomic E-state index is 0.538. The molecule has 0 bridgehead atoms. The van der Waals surface area contributed by atoms with Gasteiger partial charge in [0.1, 0.15) is 11.8 Å². The number of aromatic nitrogens is 3. The van der Waals surface area contributed by atoms with E-state index in [4.69, 9.17) is 5.73 Å². The first kappa shape index (κ1) is 39.5. The van der Waals surface area contributed by atoms with Gasteiger partial charge in [-0.25, -0.2) is 9.50 Å². The number of nitrogens with two attached hydrogens (primary N) is 1. The number of fused-ring (bicyclic) bond motifs is 1. The molecule has 26 heavy (non-hydrogen) atoms. The minimum atomic E-state index is 0.538. The molecular formula is C22H52N4. The smallest absolute Gasteiger partial charge is 0.151 e. The number of hydrogen-bond acceptors (Lipinski definition) is 3. The summed E-state index contributed by atoms with van der Waals surface area (Å²) in [6, 6.07) is 2.04. The maximum absolute atomic E-state index is 5.70. The fourth-order valence-electron chi connectivity index (χ4n) is 1.45. The molecule has 4 heteroatoms. The Morgan fingerprint density at radius 2 is 1.04 bits per heavy atom. The van der Waals surface area contributed by atoms with Crippen LogP contribution in [0.25, 0.3) is 5.52 Å². The highest BCUT2D eigenvalue weighted by Gasteiger charge is 2.06. The summed E-state index contributed by atoms with van der Waals surface area (Å²) in [4.78, 5) is 3.93. The molecule has 0 saturated carbocycles. The van der Waals surface area contributed by atoms with Gasteiger partial charge >= 0.3 is 0 Å². The molecule has 0 fully saturated rings. The van der Waals surface area contributed by atoms with Crippen molar-refractivity contribution in [2.24, 2.45) is 0 Å². The Labute approximate surface area is 166 Å². The normalized spacial score (nSPS) is 6.62. The average Bonchev–Trinajstić information content (AvgIpc) is 3.07. The lowest BCUT2D eigenvalue weighted by atomic mass is 10.3. The highest BCUT2D eigenvalue weighted by atomic mass is 15.2. The Morgan fingerprint density at radius 3 is 1.35 bits per heavy atom. The van der Waals surface area contributed by atoms with E-state index in [9.17, 15) is 0 Å². The van der Waals surface area contributed by atoms with Crippen molar-refractivity contribution in [2.75, 3.05) is 5.73 Å². The van der Waals surface area contributed by atoms with Crippen LogP contribution in [-0.2, 0) is 0 Å². The summed E-state index contributed by atoms with van der Waals surface area (Å²) in [5, 5.41) is 4.09. The van der Waals surface area contributed by atoms with Crippen molar-refractivity contribution in [3.8, 4) is 0 Å². The molecule has 0 unspecified atom stereocenters. The minimum Gasteiger partial charge on any atom is -0.382 e. The largest absolute Gasteiger partial charge is 0.382 e. The van der Waals surface area contributed by atoms with E-state index in [1.54, 1.807) is 4.52 Å². The number of rotatable bonds is 0. The third-order valence-electron chi connectivity index (χ3n) is 1.95. The molecule has 2 rings (SSSR count). The van der Waals surface area contributed by atoms with Crippen LogP contribution in [0.5, 0.6) is 0 Å². The first-order valence-electron chi connectivity index (χ1n) is 10.8. The molecule has 4 nitrogen and oxygen atoms in total. The van der Waals surface area contributed by atoms with Crippen molar-refractivity contribution in [3.63, 3.8) is 0 Å². The van der Waals surface area contributed by atoms with Crippen LogP contribution in [0.1, 0.15) is 108 Å². The predicted molar refractivity (Wildman–Crippen MR) is 126 cm³/mol. The van der Waals surface area contributed by atoms with Crippen molar-refractivity contribution in [1.29, 1.82) is 0 Å². The SMILES string of the molecule is CC.CC.CC.CC.CC.CC.CC.Cc1cc(C)n2ncnc(N)c12. The van der Waals surface area contributed by atoms with Crippen LogP contribution in [0.15, 0.2) is 12.4 Å². The van der Waals surface area contributed by atoms with Crippen LogP contribution in [-0.4, -0.2) is 14.6 Å². The summed E-state index contributed by atoms with van der Waals surface area (Å²) in [6.07, 6.45) is 1.47. The van der Waals surface area contributed by atoms with E-state index in [2.05, 4.69) is 10.1 Å². The molecule has 0 aliphatic carbocycles. The van der Waals surface area contributed by atoms with Gasteiger partial charge in [0.2, 0.25) is 0 Å². The summed E-state index contributed by atoms with van der Waals surface area (Å²) >= 11 is 0. The number of hydrogen-bond donors (Lipinski definition) is 1. The van der Waals surface area contributed by atoms with Crippen molar-refractivity contribution in [1.82, 2.24) is 14.6 Å². The summed E-state index contributed by atoms with van der Waals surface area (Å²) in [5.41, 5.74) is 8.81. The molecule has 0 atom stereocenters. The molecule has 0 spiro atoms. The van der Waals surface area contributed by atoms with E-state index in [1.165, 1.54) is 6.33 Å². The molecule has 160 valence electrons. The Bertz CT molecular complexity index is 435.